The molecule has 122 valence electrons. The van der Waals surface area contributed by atoms with E-state index < -0.39 is 0 Å². The van der Waals surface area contributed by atoms with Gasteiger partial charge < -0.3 is 16.4 Å². The largest absolute Gasteiger partial charge is 0.393 e. The average molecular weight is 381 g/mol. The first-order valence-electron chi connectivity index (χ1n) is 6.88. The molecule has 2 aromatic carbocycles. The van der Waals surface area contributed by atoms with Gasteiger partial charge in [-0.2, -0.15) is 0 Å². The number of nitrogen functional groups attached to an aromatic ring is 1. The van der Waals surface area contributed by atoms with Gasteiger partial charge in [0.1, 0.15) is 12.0 Å². The van der Waals surface area contributed by atoms with Crippen LogP contribution in [0.25, 0.3) is 0 Å². The zero-order chi connectivity index (χ0) is 17.1. The summed E-state index contributed by atoms with van der Waals surface area (Å²) < 4.78 is 0. The lowest BCUT2D eigenvalue weighted by Gasteiger charge is -2.13. The molecule has 24 heavy (non-hydrogen) atoms. The van der Waals surface area contributed by atoms with Crippen molar-refractivity contribution in [2.24, 2.45) is 0 Å². The van der Waals surface area contributed by atoms with E-state index in [1.54, 1.807) is 30.3 Å². The molecule has 1 aromatic heterocycles. The number of rotatable bonds is 4. The van der Waals surface area contributed by atoms with E-state index in [1.807, 2.05) is 12.1 Å². The van der Waals surface area contributed by atoms with E-state index in [0.29, 0.717) is 38.1 Å². The molecule has 0 amide bonds. The van der Waals surface area contributed by atoms with Crippen molar-refractivity contribution in [2.75, 3.05) is 16.4 Å². The number of hydrogen-bond acceptors (Lipinski definition) is 5. The maximum absolute atomic E-state index is 6.14. The Bertz CT molecular complexity index is 868. The fraction of sp³-hybridized carbons (Fsp3) is 0. The van der Waals surface area contributed by atoms with Gasteiger partial charge in [-0.05, 0) is 42.5 Å². The lowest BCUT2D eigenvalue weighted by molar-refractivity contribution is 1.17. The molecule has 4 N–H and O–H groups in total. The Morgan fingerprint density at radius 3 is 1.96 bits per heavy atom. The number of nitrogens with zero attached hydrogens (tertiary/aromatic N) is 2. The molecule has 8 heteroatoms. The zero-order valence-corrected chi connectivity index (χ0v) is 14.5. The summed E-state index contributed by atoms with van der Waals surface area (Å²) in [5.74, 6) is 0.940. The van der Waals surface area contributed by atoms with Crippen LogP contribution in [0.15, 0.2) is 48.8 Å². The van der Waals surface area contributed by atoms with Crippen LogP contribution in [0.2, 0.25) is 15.1 Å². The van der Waals surface area contributed by atoms with Crippen molar-refractivity contribution in [3.05, 3.63) is 63.9 Å². The molecule has 3 rings (SSSR count). The molecule has 5 nitrogen and oxygen atoms in total. The molecule has 0 unspecified atom stereocenters. The van der Waals surface area contributed by atoms with Crippen LogP contribution in [0.3, 0.4) is 0 Å². The SMILES string of the molecule is Nc1c(Nc2ccc(Cl)cc2)ncnc1Nc1ccc(Cl)c(Cl)c1. The van der Waals surface area contributed by atoms with E-state index in [4.69, 9.17) is 40.5 Å². The minimum atomic E-state index is 0.374. The maximum Gasteiger partial charge on any atom is 0.159 e. The number of halogens is 3. The summed E-state index contributed by atoms with van der Waals surface area (Å²) in [6.45, 7) is 0. The number of nitrogens with one attached hydrogen (secondary N) is 2. The maximum atomic E-state index is 6.14. The van der Waals surface area contributed by atoms with Crippen molar-refractivity contribution in [1.29, 1.82) is 0 Å². The molecule has 0 fully saturated rings. The first-order chi connectivity index (χ1) is 11.5. The molecule has 0 aliphatic rings. The predicted molar refractivity (Wildman–Crippen MR) is 101 cm³/mol. The third-order valence-electron chi connectivity index (χ3n) is 3.17. The van der Waals surface area contributed by atoms with E-state index >= 15 is 0 Å². The second-order valence-electron chi connectivity index (χ2n) is 4.87. The second-order valence-corrected chi connectivity index (χ2v) is 6.12. The first kappa shape index (κ1) is 16.6. The molecular weight excluding hydrogens is 369 g/mol. The van der Waals surface area contributed by atoms with Crippen LogP contribution in [0.1, 0.15) is 0 Å². The smallest absolute Gasteiger partial charge is 0.159 e. The lowest BCUT2D eigenvalue weighted by Crippen LogP contribution is -2.05. The minimum Gasteiger partial charge on any atom is -0.393 e. The average Bonchev–Trinajstić information content (AvgIpc) is 2.57. The van der Waals surface area contributed by atoms with Crippen LogP contribution >= 0.6 is 34.8 Å². The highest BCUT2D eigenvalue weighted by atomic mass is 35.5. The number of nitrogens with two attached hydrogens (primary N) is 1. The van der Waals surface area contributed by atoms with Crippen molar-refractivity contribution in [2.45, 2.75) is 0 Å². The fourth-order valence-electron chi connectivity index (χ4n) is 1.98. The summed E-state index contributed by atoms with van der Waals surface area (Å²) in [6.07, 6.45) is 1.41. The summed E-state index contributed by atoms with van der Waals surface area (Å²) in [7, 11) is 0. The highest BCUT2D eigenvalue weighted by molar-refractivity contribution is 6.42. The van der Waals surface area contributed by atoms with Crippen molar-refractivity contribution in [1.82, 2.24) is 9.97 Å². The fourth-order valence-corrected chi connectivity index (χ4v) is 2.40. The second kappa shape index (κ2) is 7.13. The quantitative estimate of drug-likeness (QED) is 0.556. The normalized spacial score (nSPS) is 10.5. The van der Waals surface area contributed by atoms with E-state index in [2.05, 4.69) is 20.6 Å². The molecule has 0 spiro atoms. The zero-order valence-electron chi connectivity index (χ0n) is 12.2. The van der Waals surface area contributed by atoms with Gasteiger partial charge in [-0.25, -0.2) is 9.97 Å². The van der Waals surface area contributed by atoms with Gasteiger partial charge in [-0.15, -0.1) is 0 Å². The number of hydrogen-bond donors (Lipinski definition) is 3. The predicted octanol–water partition coefficient (Wildman–Crippen LogP) is 5.51. The highest BCUT2D eigenvalue weighted by Gasteiger charge is 2.09. The third-order valence-corrected chi connectivity index (χ3v) is 4.16. The standard InChI is InChI=1S/C16H12Cl3N5/c17-9-1-3-10(4-2-9)23-15-14(20)16(22-8-21-15)24-11-5-6-12(18)13(19)7-11/h1-8H,20H2,(H2,21,22,23,24). The van der Waals surface area contributed by atoms with Crippen LogP contribution in [0, 0.1) is 0 Å². The molecule has 0 aliphatic carbocycles. The molecular formula is C16H12Cl3N5. The number of aromatic nitrogens is 2. The van der Waals surface area contributed by atoms with Gasteiger partial charge in [-0.1, -0.05) is 34.8 Å². The van der Waals surface area contributed by atoms with Gasteiger partial charge in [0, 0.05) is 16.4 Å². The number of anilines is 5. The van der Waals surface area contributed by atoms with E-state index in [1.165, 1.54) is 6.33 Å². The van der Waals surface area contributed by atoms with Crippen molar-refractivity contribution in [3.8, 4) is 0 Å². The van der Waals surface area contributed by atoms with Gasteiger partial charge in [0.25, 0.3) is 0 Å². The van der Waals surface area contributed by atoms with Crippen molar-refractivity contribution in [3.63, 3.8) is 0 Å². The van der Waals surface area contributed by atoms with Gasteiger partial charge >= 0.3 is 0 Å². The summed E-state index contributed by atoms with van der Waals surface area (Å²) in [6, 6.07) is 12.4. The van der Waals surface area contributed by atoms with Crippen LogP contribution < -0.4 is 16.4 Å². The third kappa shape index (κ3) is 3.82. The Morgan fingerprint density at radius 2 is 1.33 bits per heavy atom. The Hall–Kier alpha value is -2.21. The Labute approximate surface area is 153 Å². The van der Waals surface area contributed by atoms with Gasteiger partial charge in [-0.3, -0.25) is 0 Å². The Balaban J connectivity index is 1.84. The topological polar surface area (TPSA) is 75.9 Å². The van der Waals surface area contributed by atoms with Crippen molar-refractivity contribution < 1.29 is 0 Å². The van der Waals surface area contributed by atoms with Crippen molar-refractivity contribution >= 4 is 63.5 Å². The monoisotopic (exact) mass is 379 g/mol. The molecule has 0 aliphatic heterocycles. The summed E-state index contributed by atoms with van der Waals surface area (Å²) in [5, 5.41) is 7.78. The van der Waals surface area contributed by atoms with E-state index in [-0.39, 0.29) is 0 Å². The van der Waals surface area contributed by atoms with Crippen LogP contribution in [-0.4, -0.2) is 9.97 Å². The molecule has 0 saturated heterocycles. The molecule has 1 heterocycles. The van der Waals surface area contributed by atoms with Gasteiger partial charge in [0.2, 0.25) is 0 Å². The molecule has 3 aromatic rings. The highest BCUT2D eigenvalue weighted by Crippen LogP contribution is 2.31. The summed E-state index contributed by atoms with van der Waals surface area (Å²) in [4.78, 5) is 8.32. The van der Waals surface area contributed by atoms with Gasteiger partial charge in [0.05, 0.1) is 10.0 Å². The van der Waals surface area contributed by atoms with Crippen LogP contribution in [0.4, 0.5) is 28.7 Å². The molecule has 0 radical (unpaired) electrons. The first-order valence-corrected chi connectivity index (χ1v) is 8.01. The molecule has 0 saturated carbocycles. The number of benzene rings is 2. The minimum absolute atomic E-state index is 0.374. The summed E-state index contributed by atoms with van der Waals surface area (Å²) in [5.41, 5.74) is 8.04. The van der Waals surface area contributed by atoms with E-state index in [0.717, 1.165) is 5.69 Å². The molecule has 0 atom stereocenters. The van der Waals surface area contributed by atoms with Crippen LogP contribution in [0.5, 0.6) is 0 Å². The molecule has 0 bridgehead atoms. The Kier molecular flexibility index (Phi) is 4.94. The summed E-state index contributed by atoms with van der Waals surface area (Å²) >= 11 is 17.8. The lowest BCUT2D eigenvalue weighted by atomic mass is 10.3. The van der Waals surface area contributed by atoms with Crippen LogP contribution in [-0.2, 0) is 0 Å². The van der Waals surface area contributed by atoms with Gasteiger partial charge in [0.15, 0.2) is 11.6 Å². The van der Waals surface area contributed by atoms with E-state index in [9.17, 15) is 0 Å². The Morgan fingerprint density at radius 1 is 0.750 bits per heavy atom.